The first-order chi connectivity index (χ1) is 7.65. The average Bonchev–Trinajstić information content (AvgIpc) is 2.26. The highest BCUT2D eigenvalue weighted by Gasteiger charge is 2.04. The van der Waals surface area contributed by atoms with Crippen molar-refractivity contribution in [2.45, 2.75) is 13.8 Å². The summed E-state index contributed by atoms with van der Waals surface area (Å²) in [7, 11) is 3.55. The van der Waals surface area contributed by atoms with Gasteiger partial charge < -0.3 is 15.4 Å². The lowest BCUT2D eigenvalue weighted by atomic mass is 10.2. The number of methoxy groups -OCH3 is 1. The van der Waals surface area contributed by atoms with Crippen LogP contribution in [-0.2, 0) is 0 Å². The molecule has 0 aliphatic heterocycles. The van der Waals surface area contributed by atoms with E-state index in [9.17, 15) is 0 Å². The molecular formula is C11H20N4O. The molecular weight excluding hydrogens is 204 g/mol. The van der Waals surface area contributed by atoms with Crippen molar-refractivity contribution < 1.29 is 4.74 Å². The van der Waals surface area contributed by atoms with E-state index in [0.29, 0.717) is 17.7 Å². The Morgan fingerprint density at radius 2 is 2.12 bits per heavy atom. The monoisotopic (exact) mass is 224 g/mol. The van der Waals surface area contributed by atoms with Crippen molar-refractivity contribution in [1.29, 1.82) is 0 Å². The van der Waals surface area contributed by atoms with Gasteiger partial charge in [0.15, 0.2) is 0 Å². The minimum absolute atomic E-state index is 0.528. The zero-order valence-corrected chi connectivity index (χ0v) is 10.4. The molecule has 0 bridgehead atoms. The Morgan fingerprint density at radius 3 is 2.75 bits per heavy atom. The minimum Gasteiger partial charge on any atom is -0.481 e. The van der Waals surface area contributed by atoms with Gasteiger partial charge in [-0.1, -0.05) is 6.92 Å². The first kappa shape index (κ1) is 12.7. The minimum atomic E-state index is 0.528. The molecule has 0 amide bonds. The Kier molecular flexibility index (Phi) is 4.98. The summed E-state index contributed by atoms with van der Waals surface area (Å²) in [5.41, 5.74) is 0.899. The number of aryl methyl sites for hydroxylation is 1. The highest BCUT2D eigenvalue weighted by molar-refractivity contribution is 5.30. The number of nitrogens with zero attached hydrogens (tertiary/aromatic N) is 2. The lowest BCUT2D eigenvalue weighted by molar-refractivity contribution is 0.397. The fourth-order valence-corrected chi connectivity index (χ4v) is 1.41. The predicted molar refractivity (Wildman–Crippen MR) is 64.9 cm³/mol. The highest BCUT2D eigenvalue weighted by atomic mass is 16.5. The van der Waals surface area contributed by atoms with Crippen molar-refractivity contribution in [3.05, 3.63) is 11.8 Å². The van der Waals surface area contributed by atoms with E-state index in [4.69, 9.17) is 4.74 Å². The maximum atomic E-state index is 5.09. The van der Waals surface area contributed by atoms with E-state index in [1.165, 1.54) is 0 Å². The molecule has 5 nitrogen and oxygen atoms in total. The Morgan fingerprint density at radius 1 is 1.38 bits per heavy atom. The molecule has 0 spiro atoms. The molecule has 0 aliphatic rings. The van der Waals surface area contributed by atoms with Crippen LogP contribution in [0.15, 0.2) is 6.07 Å². The molecule has 2 N–H and O–H groups in total. The number of ether oxygens (including phenoxy) is 1. The maximum Gasteiger partial charge on any atom is 0.226 e. The smallest absolute Gasteiger partial charge is 0.226 e. The fourth-order valence-electron chi connectivity index (χ4n) is 1.41. The van der Waals surface area contributed by atoms with Crippen molar-refractivity contribution >= 4 is 5.95 Å². The third-order valence-electron chi connectivity index (χ3n) is 2.20. The predicted octanol–water partition coefficient (Wildman–Crippen LogP) is 1.06. The van der Waals surface area contributed by atoms with Gasteiger partial charge in [0, 0.05) is 18.3 Å². The van der Waals surface area contributed by atoms with Crippen LogP contribution in [0.25, 0.3) is 0 Å². The zero-order chi connectivity index (χ0) is 12.0. The van der Waals surface area contributed by atoms with E-state index in [1.54, 1.807) is 7.11 Å². The zero-order valence-electron chi connectivity index (χ0n) is 10.4. The number of hydrogen-bond donors (Lipinski definition) is 2. The number of aromatic nitrogens is 2. The Hall–Kier alpha value is -1.36. The van der Waals surface area contributed by atoms with Crippen molar-refractivity contribution in [2.24, 2.45) is 5.92 Å². The van der Waals surface area contributed by atoms with Crippen molar-refractivity contribution in [2.75, 3.05) is 32.6 Å². The van der Waals surface area contributed by atoms with Crippen LogP contribution >= 0.6 is 0 Å². The van der Waals surface area contributed by atoms with Crippen LogP contribution < -0.4 is 15.4 Å². The molecule has 0 saturated heterocycles. The van der Waals surface area contributed by atoms with Gasteiger partial charge in [-0.2, -0.15) is 4.98 Å². The lowest BCUT2D eigenvalue weighted by Crippen LogP contribution is -2.23. The summed E-state index contributed by atoms with van der Waals surface area (Å²) in [5.74, 6) is 1.75. The second kappa shape index (κ2) is 6.27. The van der Waals surface area contributed by atoms with Gasteiger partial charge in [0.05, 0.1) is 7.11 Å². The third-order valence-corrected chi connectivity index (χ3v) is 2.20. The van der Waals surface area contributed by atoms with Crippen LogP contribution in [0.4, 0.5) is 5.95 Å². The van der Waals surface area contributed by atoms with Crippen LogP contribution in [0.3, 0.4) is 0 Å². The van der Waals surface area contributed by atoms with Crippen molar-refractivity contribution in [3.63, 3.8) is 0 Å². The first-order valence-corrected chi connectivity index (χ1v) is 5.44. The van der Waals surface area contributed by atoms with Crippen LogP contribution in [0.1, 0.15) is 12.6 Å². The van der Waals surface area contributed by atoms with Gasteiger partial charge in [0.25, 0.3) is 0 Å². The van der Waals surface area contributed by atoms with Crippen molar-refractivity contribution in [3.8, 4) is 5.88 Å². The summed E-state index contributed by atoms with van der Waals surface area (Å²) in [6.07, 6.45) is 0. The van der Waals surface area contributed by atoms with Crippen LogP contribution in [-0.4, -0.2) is 37.2 Å². The molecule has 5 heteroatoms. The van der Waals surface area contributed by atoms with E-state index < -0.39 is 0 Å². The van der Waals surface area contributed by atoms with E-state index in [-0.39, 0.29) is 0 Å². The molecule has 90 valence electrons. The van der Waals surface area contributed by atoms with Gasteiger partial charge >= 0.3 is 0 Å². The van der Waals surface area contributed by atoms with Gasteiger partial charge in [-0.3, -0.25) is 0 Å². The first-order valence-electron chi connectivity index (χ1n) is 5.44. The second-order valence-corrected chi connectivity index (χ2v) is 3.92. The molecule has 1 rings (SSSR count). The summed E-state index contributed by atoms with van der Waals surface area (Å²) >= 11 is 0. The molecule has 0 aliphatic carbocycles. The average molecular weight is 224 g/mol. The standard InChI is InChI=1S/C11H20N4O/c1-8(6-12-3)7-13-11-14-9(2)5-10(15-11)16-4/h5,8,12H,6-7H2,1-4H3,(H,13,14,15). The Balaban J connectivity index is 2.56. The second-order valence-electron chi connectivity index (χ2n) is 3.92. The topological polar surface area (TPSA) is 59.1 Å². The van der Waals surface area contributed by atoms with Gasteiger partial charge in [-0.05, 0) is 26.4 Å². The Labute approximate surface area is 96.6 Å². The molecule has 1 atom stereocenters. The number of anilines is 1. The summed E-state index contributed by atoms with van der Waals surface area (Å²) in [5, 5.41) is 6.33. The normalized spacial score (nSPS) is 12.2. The summed E-state index contributed by atoms with van der Waals surface area (Å²) < 4.78 is 5.09. The molecule has 0 fully saturated rings. The summed E-state index contributed by atoms with van der Waals surface area (Å²) in [4.78, 5) is 8.51. The molecule has 0 aromatic carbocycles. The van der Waals surface area contributed by atoms with Crippen LogP contribution in [0, 0.1) is 12.8 Å². The molecule has 1 aromatic rings. The largest absolute Gasteiger partial charge is 0.481 e. The van der Waals surface area contributed by atoms with E-state index in [1.807, 2.05) is 20.0 Å². The number of rotatable bonds is 6. The molecule has 0 saturated carbocycles. The fraction of sp³-hybridized carbons (Fsp3) is 0.636. The maximum absolute atomic E-state index is 5.09. The van der Waals surface area contributed by atoms with Crippen LogP contribution in [0.2, 0.25) is 0 Å². The Bertz CT molecular complexity index is 330. The van der Waals surface area contributed by atoms with E-state index >= 15 is 0 Å². The SMILES string of the molecule is CNCC(C)CNc1nc(C)cc(OC)n1. The molecule has 1 unspecified atom stereocenters. The molecule has 1 aromatic heterocycles. The van der Waals surface area contributed by atoms with Gasteiger partial charge in [-0.15, -0.1) is 0 Å². The third kappa shape index (κ3) is 4.02. The molecule has 0 radical (unpaired) electrons. The highest BCUT2D eigenvalue weighted by Crippen LogP contribution is 2.11. The summed E-state index contributed by atoms with van der Waals surface area (Å²) in [6.45, 7) is 5.90. The van der Waals surface area contributed by atoms with Gasteiger partial charge in [0.1, 0.15) is 0 Å². The number of nitrogens with one attached hydrogen (secondary N) is 2. The lowest BCUT2D eigenvalue weighted by Gasteiger charge is -2.12. The quantitative estimate of drug-likeness (QED) is 0.756. The van der Waals surface area contributed by atoms with E-state index in [0.717, 1.165) is 18.8 Å². The van der Waals surface area contributed by atoms with Gasteiger partial charge in [-0.25, -0.2) is 4.98 Å². The summed E-state index contributed by atoms with van der Waals surface area (Å²) in [6, 6.07) is 1.81. The van der Waals surface area contributed by atoms with Crippen LogP contribution in [0.5, 0.6) is 5.88 Å². The molecule has 1 heterocycles. The van der Waals surface area contributed by atoms with Gasteiger partial charge in [0.2, 0.25) is 11.8 Å². The van der Waals surface area contributed by atoms with E-state index in [2.05, 4.69) is 27.5 Å². The van der Waals surface area contributed by atoms with Crippen molar-refractivity contribution in [1.82, 2.24) is 15.3 Å². The molecule has 16 heavy (non-hydrogen) atoms. The number of hydrogen-bond acceptors (Lipinski definition) is 5.